The molecule has 3 heterocycles. The predicted molar refractivity (Wildman–Crippen MR) is 132 cm³/mol. The highest BCUT2D eigenvalue weighted by Gasteiger charge is 2.38. The van der Waals surface area contributed by atoms with Gasteiger partial charge in [0.2, 0.25) is 5.91 Å². The molecule has 10 heteroatoms. The molecule has 1 saturated heterocycles. The lowest BCUT2D eigenvalue weighted by Gasteiger charge is -2.45. The van der Waals surface area contributed by atoms with Crippen molar-refractivity contribution in [3.63, 3.8) is 0 Å². The molecule has 184 valence electrons. The molecule has 0 saturated carbocycles. The van der Waals surface area contributed by atoms with Crippen LogP contribution < -0.4 is 19.9 Å². The Morgan fingerprint density at radius 3 is 2.53 bits per heavy atom. The zero-order valence-corrected chi connectivity index (χ0v) is 21.1. The van der Waals surface area contributed by atoms with Crippen LogP contribution >= 0.6 is 0 Å². The largest absolute Gasteiger partial charge is 0.495 e. The van der Waals surface area contributed by atoms with Crippen LogP contribution in [0.4, 0.5) is 22.9 Å². The third-order valence-electron chi connectivity index (χ3n) is 6.57. The number of carbonyl (C=O) groups is 1. The summed E-state index contributed by atoms with van der Waals surface area (Å²) in [6.07, 6.45) is 3.36. The summed E-state index contributed by atoms with van der Waals surface area (Å²) < 4.78 is 36.4. The van der Waals surface area contributed by atoms with Gasteiger partial charge in [-0.25, -0.2) is 13.4 Å². The van der Waals surface area contributed by atoms with E-state index in [1.165, 1.54) is 7.11 Å². The molecule has 1 aromatic heterocycles. The molecule has 0 spiro atoms. The van der Waals surface area contributed by atoms with Crippen molar-refractivity contribution in [3.8, 4) is 5.75 Å². The van der Waals surface area contributed by atoms with Crippen molar-refractivity contribution >= 4 is 38.6 Å². The van der Waals surface area contributed by atoms with E-state index >= 15 is 0 Å². The molecular weight excluding hydrogens is 456 g/mol. The fourth-order valence-corrected chi connectivity index (χ4v) is 5.63. The lowest BCUT2D eigenvalue weighted by atomic mass is 10.00. The maximum Gasteiger partial charge on any atom is 0.249 e. The van der Waals surface area contributed by atoms with Crippen LogP contribution in [0.3, 0.4) is 0 Å². The molecule has 1 amide bonds. The fourth-order valence-electron chi connectivity index (χ4n) is 4.55. The van der Waals surface area contributed by atoms with Crippen LogP contribution in [-0.2, 0) is 19.4 Å². The molecule has 0 radical (unpaired) electrons. The van der Waals surface area contributed by atoms with E-state index in [1.807, 2.05) is 13.0 Å². The maximum absolute atomic E-state index is 12.9. The SMILES string of the molecule is COc1ccc(S(=O)(=O)C(C)C)cc1Nc1cc2c(cn1)N(C)C(=O)[C@@H](C)N2C1CCOCC1. The first-order valence-corrected chi connectivity index (χ1v) is 13.0. The van der Waals surface area contributed by atoms with E-state index in [9.17, 15) is 13.2 Å². The Bertz CT molecular complexity index is 1180. The predicted octanol–water partition coefficient (Wildman–Crippen LogP) is 3.37. The Balaban J connectivity index is 1.74. The summed E-state index contributed by atoms with van der Waals surface area (Å²) in [5, 5.41) is 2.69. The summed E-state index contributed by atoms with van der Waals surface area (Å²) in [6.45, 7) is 6.56. The summed E-state index contributed by atoms with van der Waals surface area (Å²) in [5.41, 5.74) is 2.15. The van der Waals surface area contributed by atoms with Gasteiger partial charge in [0.05, 0.1) is 40.5 Å². The summed E-state index contributed by atoms with van der Waals surface area (Å²) in [6, 6.07) is 6.54. The van der Waals surface area contributed by atoms with E-state index in [2.05, 4.69) is 15.2 Å². The van der Waals surface area contributed by atoms with Gasteiger partial charge < -0.3 is 24.6 Å². The standard InChI is InChI=1S/C24H32N4O5S/c1-15(2)34(30,31)18-6-7-22(32-5)19(12-18)26-23-13-20-21(14-25-23)27(4)24(29)16(3)28(20)17-8-10-33-11-9-17/h6-7,12-17H,8-11H2,1-5H3,(H,25,26)/t16-/m1/s1. The average molecular weight is 489 g/mol. The molecule has 1 atom stereocenters. The smallest absolute Gasteiger partial charge is 0.249 e. The quantitative estimate of drug-likeness (QED) is 0.661. The number of pyridine rings is 1. The highest BCUT2D eigenvalue weighted by atomic mass is 32.2. The summed E-state index contributed by atoms with van der Waals surface area (Å²) in [5.74, 6) is 1.06. The summed E-state index contributed by atoms with van der Waals surface area (Å²) in [4.78, 5) is 21.5. The number of anilines is 4. The minimum Gasteiger partial charge on any atom is -0.495 e. The number of methoxy groups -OCH3 is 1. The highest BCUT2D eigenvalue weighted by Crippen LogP contribution is 2.40. The first kappa shape index (κ1) is 24.3. The molecule has 2 aromatic rings. The van der Waals surface area contributed by atoms with Gasteiger partial charge in [0.15, 0.2) is 9.84 Å². The molecule has 4 rings (SSSR count). The van der Waals surface area contributed by atoms with E-state index < -0.39 is 15.1 Å². The van der Waals surface area contributed by atoms with Crippen molar-refractivity contribution in [3.05, 3.63) is 30.5 Å². The van der Waals surface area contributed by atoms with Gasteiger partial charge in [-0.3, -0.25) is 4.79 Å². The van der Waals surface area contributed by atoms with Gasteiger partial charge in [-0.2, -0.15) is 0 Å². The van der Waals surface area contributed by atoms with E-state index in [0.717, 1.165) is 24.2 Å². The van der Waals surface area contributed by atoms with Crippen molar-refractivity contribution in [1.82, 2.24) is 4.98 Å². The molecule has 1 fully saturated rings. The van der Waals surface area contributed by atoms with Gasteiger partial charge in [-0.05, 0) is 51.8 Å². The monoisotopic (exact) mass is 488 g/mol. The molecule has 34 heavy (non-hydrogen) atoms. The molecule has 2 aliphatic rings. The number of carbonyl (C=O) groups excluding carboxylic acids is 1. The van der Waals surface area contributed by atoms with Gasteiger partial charge in [0, 0.05) is 32.4 Å². The number of aromatic nitrogens is 1. The Hall–Kier alpha value is -2.85. The molecule has 0 aliphatic carbocycles. The Morgan fingerprint density at radius 2 is 1.88 bits per heavy atom. The molecular formula is C24H32N4O5S. The molecule has 1 N–H and O–H groups in total. The lowest BCUT2D eigenvalue weighted by Crippen LogP contribution is -2.55. The number of nitrogens with zero attached hydrogens (tertiary/aromatic N) is 3. The second-order valence-corrected chi connectivity index (χ2v) is 11.5. The van der Waals surface area contributed by atoms with E-state index in [-0.39, 0.29) is 22.9 Å². The van der Waals surface area contributed by atoms with Crippen molar-refractivity contribution in [1.29, 1.82) is 0 Å². The topological polar surface area (TPSA) is 101 Å². The van der Waals surface area contributed by atoms with Crippen LogP contribution in [0.25, 0.3) is 0 Å². The van der Waals surface area contributed by atoms with Gasteiger partial charge in [0.1, 0.15) is 17.6 Å². The molecule has 9 nitrogen and oxygen atoms in total. The minimum atomic E-state index is -3.46. The number of fused-ring (bicyclic) bond motifs is 1. The minimum absolute atomic E-state index is 0.0229. The number of rotatable bonds is 6. The number of sulfone groups is 1. The number of benzene rings is 1. The number of ether oxygens (including phenoxy) is 2. The van der Waals surface area contributed by atoms with Gasteiger partial charge >= 0.3 is 0 Å². The lowest BCUT2D eigenvalue weighted by molar-refractivity contribution is -0.119. The van der Waals surface area contributed by atoms with Crippen molar-refractivity contribution in [2.45, 2.75) is 55.8 Å². The number of hydrogen-bond acceptors (Lipinski definition) is 8. The fraction of sp³-hybridized carbons (Fsp3) is 0.500. The molecule has 2 aliphatic heterocycles. The maximum atomic E-state index is 12.9. The summed E-state index contributed by atoms with van der Waals surface area (Å²) in [7, 11) is -0.160. The zero-order chi connectivity index (χ0) is 24.6. The molecule has 1 aromatic carbocycles. The first-order chi connectivity index (χ1) is 16.1. The zero-order valence-electron chi connectivity index (χ0n) is 20.2. The van der Waals surface area contributed by atoms with Crippen LogP contribution in [0, 0.1) is 0 Å². The molecule has 0 bridgehead atoms. The van der Waals surface area contributed by atoms with Gasteiger partial charge in [0.25, 0.3) is 0 Å². The van der Waals surface area contributed by atoms with Crippen LogP contribution in [0.1, 0.15) is 33.6 Å². The van der Waals surface area contributed by atoms with Crippen molar-refractivity contribution < 1.29 is 22.7 Å². The Morgan fingerprint density at radius 1 is 1.18 bits per heavy atom. The third-order valence-corrected chi connectivity index (χ3v) is 8.73. The van der Waals surface area contributed by atoms with E-state index in [0.29, 0.717) is 30.5 Å². The van der Waals surface area contributed by atoms with Crippen LogP contribution in [0.15, 0.2) is 35.4 Å². The second kappa shape index (κ2) is 9.42. The second-order valence-electron chi connectivity index (χ2n) is 8.96. The first-order valence-electron chi connectivity index (χ1n) is 11.5. The number of hydrogen-bond donors (Lipinski definition) is 1. The van der Waals surface area contributed by atoms with E-state index in [4.69, 9.17) is 9.47 Å². The average Bonchev–Trinajstić information content (AvgIpc) is 2.83. The van der Waals surface area contributed by atoms with Gasteiger partial charge in [-0.15, -0.1) is 0 Å². The van der Waals surface area contributed by atoms with Crippen molar-refractivity contribution in [2.75, 3.05) is 42.5 Å². The number of likely N-dealkylation sites (N-methyl/N-ethyl adjacent to an activating group) is 1. The molecule has 0 unspecified atom stereocenters. The number of nitrogens with one attached hydrogen (secondary N) is 1. The number of amides is 1. The van der Waals surface area contributed by atoms with Crippen LogP contribution in [0.2, 0.25) is 0 Å². The third kappa shape index (κ3) is 4.32. The van der Waals surface area contributed by atoms with Crippen molar-refractivity contribution in [2.24, 2.45) is 0 Å². The van der Waals surface area contributed by atoms with Crippen LogP contribution in [-0.4, -0.2) is 64.0 Å². The Labute approximate surface area is 201 Å². The van der Waals surface area contributed by atoms with E-state index in [1.54, 1.807) is 50.2 Å². The normalized spacial score (nSPS) is 19.4. The van der Waals surface area contributed by atoms with Gasteiger partial charge in [-0.1, -0.05) is 0 Å². The highest BCUT2D eigenvalue weighted by molar-refractivity contribution is 7.92. The van der Waals surface area contributed by atoms with Crippen LogP contribution in [0.5, 0.6) is 5.75 Å². The summed E-state index contributed by atoms with van der Waals surface area (Å²) >= 11 is 0. The Kier molecular flexibility index (Phi) is 6.73.